The Bertz CT molecular complexity index is 1160. The van der Waals surface area contributed by atoms with E-state index in [9.17, 15) is 43.8 Å². The van der Waals surface area contributed by atoms with Gasteiger partial charge in [-0.3, -0.25) is 28.8 Å². The minimum atomic E-state index is -1.31. The monoisotopic (exact) mass is 607 g/mol. The smallest absolute Gasteiger partial charge is 0.326 e. The van der Waals surface area contributed by atoms with Crippen LogP contribution in [0.1, 0.15) is 51.5 Å². The Labute approximate surface area is 248 Å². The van der Waals surface area contributed by atoms with Gasteiger partial charge in [-0.1, -0.05) is 26.0 Å². The second kappa shape index (κ2) is 17.9. The third kappa shape index (κ3) is 14.6. The maximum atomic E-state index is 13.1. The molecular formula is C27H41N7O9. The molecule has 1 aromatic carbocycles. The van der Waals surface area contributed by atoms with Crippen molar-refractivity contribution in [3.63, 3.8) is 0 Å². The number of amides is 6. The number of benzene rings is 1. The standard InChI is InChI=1S/C27H41N7O9/c1-14(2)11-20(27(42)43)34-26(41)19(12-15-3-5-16(35)6-4-15)32-23(38)13-31-25(40)18(8-10-22(30)37)33-24(39)17(28)7-9-21(29)36/h3-6,14,17-20,35H,7-13,28H2,1-2H3,(H2,29,36)(H2,30,37)(H,31,40)(H,32,38)(H,33,39)(H,34,41)(H,42,43)/t17-,18-,19-,20-/m0/s1. The first kappa shape index (κ1) is 36.3. The highest BCUT2D eigenvalue weighted by atomic mass is 16.4. The number of carboxylic acids is 1. The van der Waals surface area contributed by atoms with Crippen LogP contribution in [0.4, 0.5) is 0 Å². The van der Waals surface area contributed by atoms with Crippen molar-refractivity contribution in [3.8, 4) is 5.75 Å². The van der Waals surface area contributed by atoms with Crippen LogP contribution in [0.2, 0.25) is 0 Å². The Morgan fingerprint density at radius 3 is 1.86 bits per heavy atom. The van der Waals surface area contributed by atoms with Crippen LogP contribution in [0.15, 0.2) is 24.3 Å². The van der Waals surface area contributed by atoms with Crippen molar-refractivity contribution >= 4 is 41.4 Å². The molecule has 4 atom stereocenters. The molecule has 0 aliphatic heterocycles. The third-order valence-electron chi connectivity index (χ3n) is 6.12. The molecular weight excluding hydrogens is 566 g/mol. The van der Waals surface area contributed by atoms with E-state index in [0.29, 0.717) is 5.56 Å². The molecule has 0 saturated carbocycles. The average Bonchev–Trinajstić information content (AvgIpc) is 2.92. The SMILES string of the molecule is CC(C)C[C@H](NC(=O)[C@H](Cc1ccc(O)cc1)NC(=O)CNC(=O)[C@H](CCC(N)=O)NC(=O)[C@@H](N)CCC(N)=O)C(=O)O. The van der Waals surface area contributed by atoms with Gasteiger partial charge in [0.05, 0.1) is 12.6 Å². The number of carboxylic acid groups (broad SMARTS) is 1. The van der Waals surface area contributed by atoms with Crippen molar-refractivity contribution in [1.82, 2.24) is 21.3 Å². The molecule has 0 aromatic heterocycles. The molecule has 0 aliphatic rings. The molecule has 43 heavy (non-hydrogen) atoms. The van der Waals surface area contributed by atoms with Gasteiger partial charge < -0.3 is 48.7 Å². The molecule has 16 heteroatoms. The van der Waals surface area contributed by atoms with E-state index in [-0.39, 0.29) is 50.2 Å². The molecule has 0 fully saturated rings. The summed E-state index contributed by atoms with van der Waals surface area (Å²) in [6.07, 6.45) is -0.678. The highest BCUT2D eigenvalue weighted by Gasteiger charge is 2.29. The Morgan fingerprint density at radius 2 is 1.33 bits per heavy atom. The summed E-state index contributed by atoms with van der Waals surface area (Å²) in [4.78, 5) is 85.0. The number of carbonyl (C=O) groups excluding carboxylic acids is 6. The molecule has 238 valence electrons. The molecule has 0 heterocycles. The molecule has 1 rings (SSSR count). The Hall–Kier alpha value is -4.73. The Kier molecular flexibility index (Phi) is 15.1. The van der Waals surface area contributed by atoms with E-state index in [4.69, 9.17) is 17.2 Å². The van der Waals surface area contributed by atoms with Gasteiger partial charge in [-0.15, -0.1) is 0 Å². The highest BCUT2D eigenvalue weighted by Crippen LogP contribution is 2.12. The summed E-state index contributed by atoms with van der Waals surface area (Å²) < 4.78 is 0. The normalized spacial score (nSPS) is 13.6. The zero-order valence-electron chi connectivity index (χ0n) is 24.1. The first-order chi connectivity index (χ1) is 20.1. The summed E-state index contributed by atoms with van der Waals surface area (Å²) in [6, 6.07) is 0.850. The largest absolute Gasteiger partial charge is 0.508 e. The molecule has 0 spiro atoms. The number of hydrogen-bond acceptors (Lipinski definition) is 9. The van der Waals surface area contributed by atoms with Crippen molar-refractivity contribution in [2.24, 2.45) is 23.1 Å². The van der Waals surface area contributed by atoms with Crippen molar-refractivity contribution in [2.45, 2.75) is 76.5 Å². The first-order valence-corrected chi connectivity index (χ1v) is 13.6. The molecule has 16 nitrogen and oxygen atoms in total. The second-order valence-electron chi connectivity index (χ2n) is 10.4. The van der Waals surface area contributed by atoms with E-state index in [2.05, 4.69) is 21.3 Å². The summed E-state index contributed by atoms with van der Waals surface area (Å²) in [6.45, 7) is 2.92. The number of phenols is 1. The van der Waals surface area contributed by atoms with Crippen LogP contribution in [0.3, 0.4) is 0 Å². The maximum absolute atomic E-state index is 13.1. The van der Waals surface area contributed by atoms with Crippen LogP contribution < -0.4 is 38.5 Å². The van der Waals surface area contributed by atoms with Crippen LogP contribution in [0.25, 0.3) is 0 Å². The van der Waals surface area contributed by atoms with Gasteiger partial charge in [-0.25, -0.2) is 4.79 Å². The van der Waals surface area contributed by atoms with Gasteiger partial charge in [0, 0.05) is 19.3 Å². The van der Waals surface area contributed by atoms with E-state index < -0.39 is 72.1 Å². The summed E-state index contributed by atoms with van der Waals surface area (Å²) in [5, 5.41) is 28.6. The number of rotatable bonds is 19. The summed E-state index contributed by atoms with van der Waals surface area (Å²) in [7, 11) is 0. The van der Waals surface area contributed by atoms with Gasteiger partial charge in [-0.05, 0) is 42.9 Å². The number of nitrogens with one attached hydrogen (secondary N) is 4. The zero-order chi connectivity index (χ0) is 32.7. The van der Waals surface area contributed by atoms with Crippen molar-refractivity contribution in [2.75, 3.05) is 6.54 Å². The first-order valence-electron chi connectivity index (χ1n) is 13.6. The fourth-order valence-corrected chi connectivity index (χ4v) is 3.84. The zero-order valence-corrected chi connectivity index (χ0v) is 24.1. The van der Waals surface area contributed by atoms with Crippen molar-refractivity contribution < 1.29 is 43.8 Å². The van der Waals surface area contributed by atoms with E-state index in [1.165, 1.54) is 24.3 Å². The lowest BCUT2D eigenvalue weighted by Crippen LogP contribution is -2.55. The number of hydrogen-bond donors (Lipinski definition) is 9. The van der Waals surface area contributed by atoms with Crippen molar-refractivity contribution in [3.05, 3.63) is 29.8 Å². The van der Waals surface area contributed by atoms with Crippen LogP contribution in [0, 0.1) is 5.92 Å². The van der Waals surface area contributed by atoms with Gasteiger partial charge in [0.1, 0.15) is 23.9 Å². The Balaban J connectivity index is 2.97. The lowest BCUT2D eigenvalue weighted by Gasteiger charge is -2.23. The summed E-state index contributed by atoms with van der Waals surface area (Å²) >= 11 is 0. The number of nitrogens with two attached hydrogens (primary N) is 3. The van der Waals surface area contributed by atoms with E-state index in [0.717, 1.165) is 0 Å². The minimum absolute atomic E-state index is 0.0221. The van der Waals surface area contributed by atoms with E-state index in [1.807, 2.05) is 0 Å². The van der Waals surface area contributed by atoms with Crippen LogP contribution in [-0.2, 0) is 40.0 Å². The second-order valence-corrected chi connectivity index (χ2v) is 10.4. The molecule has 0 bridgehead atoms. The van der Waals surface area contributed by atoms with Crippen LogP contribution in [0.5, 0.6) is 5.75 Å². The molecule has 0 radical (unpaired) electrons. The topological polar surface area (TPSA) is 286 Å². The molecule has 12 N–H and O–H groups in total. The van der Waals surface area contributed by atoms with Crippen LogP contribution >= 0.6 is 0 Å². The van der Waals surface area contributed by atoms with Gasteiger partial charge in [0.2, 0.25) is 35.4 Å². The number of primary amides is 2. The predicted molar refractivity (Wildman–Crippen MR) is 153 cm³/mol. The maximum Gasteiger partial charge on any atom is 0.326 e. The number of aliphatic carboxylic acids is 1. The summed E-state index contributed by atoms with van der Waals surface area (Å²) in [5.74, 6) is -5.99. The predicted octanol–water partition coefficient (Wildman–Crippen LogP) is -2.51. The molecule has 0 aliphatic carbocycles. The number of carbonyl (C=O) groups is 7. The van der Waals surface area contributed by atoms with Crippen LogP contribution in [-0.4, -0.2) is 82.3 Å². The third-order valence-corrected chi connectivity index (χ3v) is 6.12. The van der Waals surface area contributed by atoms with E-state index >= 15 is 0 Å². The Morgan fingerprint density at radius 1 is 0.767 bits per heavy atom. The highest BCUT2D eigenvalue weighted by molar-refractivity contribution is 5.94. The van der Waals surface area contributed by atoms with Gasteiger partial charge in [0.15, 0.2) is 0 Å². The molecule has 0 saturated heterocycles. The molecule has 6 amide bonds. The number of aromatic hydroxyl groups is 1. The van der Waals surface area contributed by atoms with Gasteiger partial charge in [-0.2, -0.15) is 0 Å². The summed E-state index contributed by atoms with van der Waals surface area (Å²) in [5.41, 5.74) is 16.5. The van der Waals surface area contributed by atoms with Gasteiger partial charge >= 0.3 is 5.97 Å². The average molecular weight is 608 g/mol. The fourth-order valence-electron chi connectivity index (χ4n) is 3.84. The van der Waals surface area contributed by atoms with Gasteiger partial charge in [0.25, 0.3) is 0 Å². The lowest BCUT2D eigenvalue weighted by molar-refractivity contribution is -0.142. The lowest BCUT2D eigenvalue weighted by atomic mass is 10.0. The fraction of sp³-hybridized carbons (Fsp3) is 0.519. The van der Waals surface area contributed by atoms with Crippen molar-refractivity contribution in [1.29, 1.82) is 0 Å². The molecule has 1 aromatic rings. The number of phenolic OH excluding ortho intramolecular Hbond substituents is 1. The molecule has 0 unspecified atom stereocenters. The minimum Gasteiger partial charge on any atom is -0.508 e. The quantitative estimate of drug-likeness (QED) is 0.0796. The van der Waals surface area contributed by atoms with E-state index in [1.54, 1.807) is 13.8 Å².